The van der Waals surface area contributed by atoms with Crippen LogP contribution in [0.5, 0.6) is 11.5 Å². The second-order valence-electron chi connectivity index (χ2n) is 8.21. The average Bonchev–Trinajstić information content (AvgIpc) is 3.25. The first-order valence-corrected chi connectivity index (χ1v) is 12.0. The molecule has 0 amide bonds. The Bertz CT molecular complexity index is 1360. The fraction of sp³-hybridized carbons (Fsp3) is 0.269. The Morgan fingerprint density at radius 1 is 1.03 bits per heavy atom. The largest absolute Gasteiger partial charge is 0.493 e. The lowest BCUT2D eigenvalue weighted by atomic mass is 9.97. The fourth-order valence-corrected chi connectivity index (χ4v) is 5.61. The third-order valence-corrected chi connectivity index (χ3v) is 7.30. The molecule has 0 unspecified atom stereocenters. The topological polar surface area (TPSA) is 93.6 Å². The van der Waals surface area contributed by atoms with Gasteiger partial charge in [-0.05, 0) is 61.1 Å². The van der Waals surface area contributed by atoms with Gasteiger partial charge in [0.1, 0.15) is 10.6 Å². The van der Waals surface area contributed by atoms with Gasteiger partial charge >= 0.3 is 5.97 Å². The van der Waals surface area contributed by atoms with Crippen molar-refractivity contribution in [2.24, 2.45) is 0 Å². The van der Waals surface area contributed by atoms with Crippen LogP contribution in [0.15, 0.2) is 42.5 Å². The number of fused-ring (bicyclic) bond motifs is 3. The van der Waals surface area contributed by atoms with Gasteiger partial charge in [0.25, 0.3) is 0 Å². The molecule has 174 valence electrons. The van der Waals surface area contributed by atoms with E-state index in [2.05, 4.69) is 5.32 Å². The van der Waals surface area contributed by atoms with Gasteiger partial charge in [0.05, 0.1) is 25.2 Å². The Kier molecular flexibility index (Phi) is 6.06. The maximum Gasteiger partial charge on any atom is 0.335 e. The Balaban J connectivity index is 1.54. The molecule has 5 rings (SSSR count). The lowest BCUT2D eigenvalue weighted by molar-refractivity contribution is 0.0697. The van der Waals surface area contributed by atoms with Gasteiger partial charge in [-0.2, -0.15) is 0 Å². The van der Waals surface area contributed by atoms with Gasteiger partial charge in [-0.15, -0.1) is 11.3 Å². The summed E-state index contributed by atoms with van der Waals surface area (Å²) in [6, 6.07) is 12.5. The minimum Gasteiger partial charge on any atom is -0.493 e. The summed E-state index contributed by atoms with van der Waals surface area (Å²) in [5, 5.41) is 13.9. The highest BCUT2D eigenvalue weighted by Crippen LogP contribution is 2.40. The molecule has 2 aromatic carbocycles. The zero-order valence-corrected chi connectivity index (χ0v) is 19.9. The lowest BCUT2D eigenvalue weighted by Crippen LogP contribution is -2.06. The zero-order chi connectivity index (χ0) is 23.7. The number of hydrogen-bond acceptors (Lipinski definition) is 7. The number of benzene rings is 2. The molecular weight excluding hydrogens is 450 g/mol. The summed E-state index contributed by atoms with van der Waals surface area (Å²) in [6.07, 6.45) is 4.49. The van der Waals surface area contributed by atoms with Crippen LogP contribution < -0.4 is 14.8 Å². The number of anilines is 1. The fourth-order valence-electron chi connectivity index (χ4n) is 4.35. The summed E-state index contributed by atoms with van der Waals surface area (Å²) in [7, 11) is 3.25. The highest BCUT2D eigenvalue weighted by atomic mass is 32.1. The van der Waals surface area contributed by atoms with Gasteiger partial charge in [-0.25, -0.2) is 14.8 Å². The number of carbonyl (C=O) groups is 1. The number of carboxylic acids is 1. The van der Waals surface area contributed by atoms with Crippen molar-refractivity contribution >= 4 is 33.3 Å². The highest BCUT2D eigenvalue weighted by Gasteiger charge is 2.22. The second kappa shape index (κ2) is 9.30. The molecule has 4 aromatic rings. The molecule has 0 atom stereocenters. The first kappa shape index (κ1) is 22.2. The van der Waals surface area contributed by atoms with E-state index in [1.165, 1.54) is 23.3 Å². The van der Waals surface area contributed by atoms with E-state index in [4.69, 9.17) is 19.4 Å². The van der Waals surface area contributed by atoms with Crippen LogP contribution in [0.2, 0.25) is 0 Å². The molecule has 1 aliphatic carbocycles. The number of ether oxygens (including phenoxy) is 2. The molecule has 0 bridgehead atoms. The Hall–Kier alpha value is -3.65. The molecule has 2 N–H and O–H groups in total. The van der Waals surface area contributed by atoms with Crippen LogP contribution in [0.25, 0.3) is 21.6 Å². The van der Waals surface area contributed by atoms with Crippen LogP contribution in [-0.4, -0.2) is 35.3 Å². The summed E-state index contributed by atoms with van der Waals surface area (Å²) in [6.45, 7) is 0.564. The maximum absolute atomic E-state index is 11.2. The third-order valence-electron chi connectivity index (χ3n) is 6.11. The van der Waals surface area contributed by atoms with Gasteiger partial charge in [0.15, 0.2) is 17.3 Å². The van der Waals surface area contributed by atoms with E-state index in [1.54, 1.807) is 49.8 Å². The first-order valence-electron chi connectivity index (χ1n) is 11.2. The zero-order valence-electron chi connectivity index (χ0n) is 19.1. The van der Waals surface area contributed by atoms with E-state index >= 15 is 0 Å². The molecule has 0 fully saturated rings. The van der Waals surface area contributed by atoms with Gasteiger partial charge in [0, 0.05) is 17.0 Å². The predicted molar refractivity (Wildman–Crippen MR) is 133 cm³/mol. The van der Waals surface area contributed by atoms with Crippen LogP contribution in [-0.2, 0) is 19.4 Å². The number of aromatic carboxylic acids is 1. The quantitative estimate of drug-likeness (QED) is 0.361. The van der Waals surface area contributed by atoms with Crippen LogP contribution in [0.1, 0.15) is 39.2 Å². The number of hydrogen-bond donors (Lipinski definition) is 2. The normalized spacial score (nSPS) is 12.9. The van der Waals surface area contributed by atoms with E-state index in [9.17, 15) is 9.90 Å². The molecule has 34 heavy (non-hydrogen) atoms. The minimum atomic E-state index is -0.953. The van der Waals surface area contributed by atoms with Gasteiger partial charge in [0.2, 0.25) is 0 Å². The Labute approximate surface area is 201 Å². The van der Waals surface area contributed by atoms with Gasteiger partial charge in [-0.3, -0.25) is 0 Å². The number of nitrogens with one attached hydrogen (secondary N) is 1. The third kappa shape index (κ3) is 4.17. The lowest BCUT2D eigenvalue weighted by Gasteiger charge is -2.14. The van der Waals surface area contributed by atoms with Crippen molar-refractivity contribution in [2.75, 3.05) is 19.5 Å². The van der Waals surface area contributed by atoms with Crippen molar-refractivity contribution in [3.63, 3.8) is 0 Å². The van der Waals surface area contributed by atoms with Crippen molar-refractivity contribution in [1.82, 2.24) is 9.97 Å². The van der Waals surface area contributed by atoms with Crippen LogP contribution in [0, 0.1) is 0 Å². The van der Waals surface area contributed by atoms with Crippen molar-refractivity contribution in [3.05, 3.63) is 64.0 Å². The number of aryl methyl sites for hydroxylation is 2. The van der Waals surface area contributed by atoms with Crippen LogP contribution >= 0.6 is 11.3 Å². The Morgan fingerprint density at radius 2 is 1.79 bits per heavy atom. The molecule has 2 heterocycles. The van der Waals surface area contributed by atoms with Crippen LogP contribution in [0.4, 0.5) is 5.82 Å². The number of aromatic nitrogens is 2. The second-order valence-corrected chi connectivity index (χ2v) is 9.30. The van der Waals surface area contributed by atoms with Gasteiger partial charge in [-0.1, -0.05) is 18.2 Å². The molecular formula is C26H25N3O4S. The van der Waals surface area contributed by atoms with Crippen LogP contribution in [0.3, 0.4) is 0 Å². The molecule has 0 aliphatic heterocycles. The highest BCUT2D eigenvalue weighted by molar-refractivity contribution is 7.19. The maximum atomic E-state index is 11.2. The molecule has 8 heteroatoms. The summed E-state index contributed by atoms with van der Waals surface area (Å²) in [5.41, 5.74) is 3.42. The number of carboxylic acid groups (broad SMARTS) is 1. The number of nitrogens with zero attached hydrogens (tertiary/aromatic N) is 2. The summed E-state index contributed by atoms with van der Waals surface area (Å²) < 4.78 is 10.8. The number of rotatable bonds is 7. The van der Waals surface area contributed by atoms with Crippen molar-refractivity contribution < 1.29 is 19.4 Å². The SMILES string of the molecule is COc1ccc(CNc2nc(-c3ccc(C(=O)O)cc3)nc3sc4c(c23)CCCC4)cc1OC. The first-order chi connectivity index (χ1) is 16.6. The Morgan fingerprint density at radius 3 is 2.53 bits per heavy atom. The molecule has 0 saturated heterocycles. The molecule has 0 saturated carbocycles. The van der Waals surface area contributed by atoms with E-state index in [0.29, 0.717) is 23.9 Å². The molecule has 0 spiro atoms. The molecule has 0 radical (unpaired) electrons. The van der Waals surface area contributed by atoms with E-state index < -0.39 is 5.97 Å². The summed E-state index contributed by atoms with van der Waals surface area (Å²) in [4.78, 5) is 23.4. The number of thiophene rings is 1. The standard InChI is InChI=1S/C26H25N3O4S/c1-32-19-12-7-15(13-20(19)33-2)14-27-24-22-18-5-3-4-6-21(18)34-25(22)29-23(28-24)16-8-10-17(11-9-16)26(30)31/h7-13H,3-6,14H2,1-2H3,(H,30,31)(H,27,28,29). The molecule has 1 aliphatic rings. The average molecular weight is 476 g/mol. The van der Waals surface area contributed by atoms with Crippen molar-refractivity contribution in [2.45, 2.75) is 32.2 Å². The van der Waals surface area contributed by atoms with Crippen molar-refractivity contribution in [1.29, 1.82) is 0 Å². The summed E-state index contributed by atoms with van der Waals surface area (Å²) in [5.74, 6) is 1.80. The molecule has 2 aromatic heterocycles. The summed E-state index contributed by atoms with van der Waals surface area (Å²) >= 11 is 1.74. The van der Waals surface area contributed by atoms with Crippen molar-refractivity contribution in [3.8, 4) is 22.9 Å². The minimum absolute atomic E-state index is 0.239. The number of methoxy groups -OCH3 is 2. The van der Waals surface area contributed by atoms with E-state index in [1.807, 2.05) is 18.2 Å². The monoisotopic (exact) mass is 475 g/mol. The smallest absolute Gasteiger partial charge is 0.335 e. The van der Waals surface area contributed by atoms with Gasteiger partial charge < -0.3 is 19.9 Å². The van der Waals surface area contributed by atoms with E-state index in [-0.39, 0.29) is 5.56 Å². The molecule has 7 nitrogen and oxygen atoms in total. The predicted octanol–water partition coefficient (Wildman–Crippen LogP) is 5.56. The van der Waals surface area contributed by atoms with E-state index in [0.717, 1.165) is 40.0 Å².